The first kappa shape index (κ1) is 19.1. The van der Waals surface area contributed by atoms with Crippen molar-refractivity contribution in [2.75, 3.05) is 22.8 Å². The lowest BCUT2D eigenvalue weighted by Gasteiger charge is -2.29. The molecule has 0 saturated heterocycles. The molecule has 8 heteroatoms. The molecule has 1 aliphatic rings. The molecule has 0 saturated carbocycles. The minimum Gasteiger partial charge on any atom is -0.489 e. The number of furan rings is 1. The third-order valence-corrected chi connectivity index (χ3v) is 5.93. The molecule has 29 heavy (non-hydrogen) atoms. The third kappa shape index (κ3) is 3.84. The molecule has 2 aromatic carbocycles. The number of anilines is 2. The van der Waals surface area contributed by atoms with E-state index in [1.54, 1.807) is 30.3 Å². The Kier molecular flexibility index (Phi) is 4.79. The summed E-state index contributed by atoms with van der Waals surface area (Å²) < 4.78 is 39.1. The fourth-order valence-corrected chi connectivity index (χ4v) is 4.41. The molecule has 1 aromatic heterocycles. The Hall–Kier alpha value is -3.26. The summed E-state index contributed by atoms with van der Waals surface area (Å²) >= 11 is 0. The van der Waals surface area contributed by atoms with Crippen molar-refractivity contribution in [1.82, 2.24) is 0 Å². The molecule has 1 amide bonds. The molecular formula is C21H20N2O5S. The normalized spacial score (nSPS) is 13.5. The van der Waals surface area contributed by atoms with Crippen LogP contribution in [0.15, 0.2) is 64.1 Å². The fraction of sp³-hybridized carbons (Fsp3) is 0.190. The second kappa shape index (κ2) is 7.29. The summed E-state index contributed by atoms with van der Waals surface area (Å²) in [5, 5.41) is 0. The van der Waals surface area contributed by atoms with E-state index in [1.807, 2.05) is 19.9 Å². The lowest BCUT2D eigenvalue weighted by molar-refractivity contribution is 0.0950. The molecule has 3 aromatic rings. The predicted octanol–water partition coefficient (Wildman–Crippen LogP) is 3.74. The lowest BCUT2D eigenvalue weighted by Crippen LogP contribution is -2.37. The van der Waals surface area contributed by atoms with Crippen molar-refractivity contribution in [3.63, 3.8) is 0 Å². The fourth-order valence-electron chi connectivity index (χ4n) is 3.36. The van der Waals surface area contributed by atoms with Crippen LogP contribution in [0.1, 0.15) is 21.7 Å². The number of nitrogens with one attached hydrogen (secondary N) is 1. The Morgan fingerprint density at radius 1 is 1.07 bits per heavy atom. The van der Waals surface area contributed by atoms with Crippen molar-refractivity contribution < 1.29 is 22.4 Å². The highest BCUT2D eigenvalue weighted by Gasteiger charge is 2.28. The molecule has 0 spiro atoms. The minimum absolute atomic E-state index is 0.0581. The van der Waals surface area contributed by atoms with E-state index in [1.165, 1.54) is 23.3 Å². The van der Waals surface area contributed by atoms with Gasteiger partial charge in [0, 0.05) is 11.8 Å². The first-order valence-corrected chi connectivity index (χ1v) is 10.6. The second-order valence-electron chi connectivity index (χ2n) is 6.89. The number of rotatable bonds is 4. The molecule has 0 atom stereocenters. The quantitative estimate of drug-likeness (QED) is 0.705. The highest BCUT2D eigenvalue weighted by atomic mass is 32.2. The SMILES string of the molecule is Cc1cc(C)cc(NS(=O)(=O)c2ccc3c(c2)OCCN3C(=O)c2ccco2)c1. The van der Waals surface area contributed by atoms with Gasteiger partial charge in [0.25, 0.3) is 15.9 Å². The highest BCUT2D eigenvalue weighted by molar-refractivity contribution is 7.92. The molecule has 0 unspecified atom stereocenters. The number of amides is 1. The maximum atomic E-state index is 12.8. The van der Waals surface area contributed by atoms with Crippen LogP contribution in [0.25, 0.3) is 0 Å². The molecule has 0 radical (unpaired) electrons. The zero-order valence-corrected chi connectivity index (χ0v) is 16.8. The molecule has 0 aliphatic carbocycles. The van der Waals surface area contributed by atoms with Crippen LogP contribution >= 0.6 is 0 Å². The molecule has 150 valence electrons. The van der Waals surface area contributed by atoms with Gasteiger partial charge in [-0.2, -0.15) is 0 Å². The first-order valence-electron chi connectivity index (χ1n) is 9.07. The summed E-state index contributed by atoms with van der Waals surface area (Å²) in [6.45, 7) is 4.41. The van der Waals surface area contributed by atoms with Crippen LogP contribution in [-0.4, -0.2) is 27.5 Å². The van der Waals surface area contributed by atoms with Crippen LogP contribution in [0.3, 0.4) is 0 Å². The summed E-state index contributed by atoms with van der Waals surface area (Å²) in [7, 11) is -3.81. The average Bonchev–Trinajstić information content (AvgIpc) is 3.20. The Bertz CT molecular complexity index is 1150. The van der Waals surface area contributed by atoms with Gasteiger partial charge in [-0.25, -0.2) is 8.42 Å². The van der Waals surface area contributed by atoms with E-state index in [-0.39, 0.29) is 23.2 Å². The number of hydrogen-bond donors (Lipinski definition) is 1. The van der Waals surface area contributed by atoms with Crippen LogP contribution in [0.4, 0.5) is 11.4 Å². The van der Waals surface area contributed by atoms with Gasteiger partial charge in [-0.15, -0.1) is 0 Å². The molecule has 2 heterocycles. The van der Waals surface area contributed by atoms with Gasteiger partial charge in [0.05, 0.1) is 23.4 Å². The van der Waals surface area contributed by atoms with Crippen LogP contribution in [0.5, 0.6) is 5.75 Å². The van der Waals surface area contributed by atoms with Crippen LogP contribution in [0, 0.1) is 13.8 Å². The van der Waals surface area contributed by atoms with Gasteiger partial charge in [0.1, 0.15) is 12.4 Å². The Morgan fingerprint density at radius 2 is 1.83 bits per heavy atom. The van der Waals surface area contributed by atoms with Crippen LogP contribution in [0.2, 0.25) is 0 Å². The predicted molar refractivity (Wildman–Crippen MR) is 109 cm³/mol. The topological polar surface area (TPSA) is 88.9 Å². The van der Waals surface area contributed by atoms with Gasteiger partial charge in [-0.3, -0.25) is 14.4 Å². The Labute approximate surface area is 169 Å². The zero-order valence-electron chi connectivity index (χ0n) is 16.0. The van der Waals surface area contributed by atoms with E-state index >= 15 is 0 Å². The average molecular weight is 412 g/mol. The number of sulfonamides is 1. The number of nitrogens with zero attached hydrogens (tertiary/aromatic N) is 1. The largest absolute Gasteiger partial charge is 0.489 e. The number of carbonyl (C=O) groups is 1. The number of hydrogen-bond acceptors (Lipinski definition) is 5. The van der Waals surface area contributed by atoms with Crippen molar-refractivity contribution >= 4 is 27.3 Å². The van der Waals surface area contributed by atoms with Gasteiger partial charge >= 0.3 is 0 Å². The number of fused-ring (bicyclic) bond motifs is 1. The zero-order chi connectivity index (χ0) is 20.6. The standard InChI is InChI=1S/C21H20N2O5S/c1-14-10-15(2)12-16(11-14)22-29(25,26)17-5-6-18-20(13-17)28-9-7-23(18)21(24)19-4-3-8-27-19/h3-6,8,10-13,22H,7,9H2,1-2H3. The smallest absolute Gasteiger partial charge is 0.294 e. The molecule has 0 fully saturated rings. The van der Waals surface area contributed by atoms with E-state index < -0.39 is 10.0 Å². The molecule has 1 N–H and O–H groups in total. The van der Waals surface area contributed by atoms with Crippen molar-refractivity contribution in [3.05, 3.63) is 71.7 Å². The van der Waals surface area contributed by atoms with E-state index in [0.717, 1.165) is 11.1 Å². The van der Waals surface area contributed by atoms with Gasteiger partial charge in [0.15, 0.2) is 5.76 Å². The van der Waals surface area contributed by atoms with Crippen molar-refractivity contribution in [1.29, 1.82) is 0 Å². The number of carbonyl (C=O) groups excluding carboxylic acids is 1. The summed E-state index contributed by atoms with van der Waals surface area (Å²) in [4.78, 5) is 14.2. The summed E-state index contributed by atoms with van der Waals surface area (Å²) in [5.74, 6) is 0.244. The number of benzene rings is 2. The van der Waals surface area contributed by atoms with E-state index in [9.17, 15) is 13.2 Å². The monoisotopic (exact) mass is 412 g/mol. The molecular weight excluding hydrogens is 392 g/mol. The van der Waals surface area contributed by atoms with Gasteiger partial charge in [-0.05, 0) is 61.4 Å². The minimum atomic E-state index is -3.81. The van der Waals surface area contributed by atoms with E-state index in [2.05, 4.69) is 4.72 Å². The molecule has 0 bridgehead atoms. The lowest BCUT2D eigenvalue weighted by atomic mass is 10.1. The van der Waals surface area contributed by atoms with Gasteiger partial charge < -0.3 is 9.15 Å². The van der Waals surface area contributed by atoms with Crippen LogP contribution < -0.4 is 14.4 Å². The summed E-state index contributed by atoms with van der Waals surface area (Å²) in [5.41, 5.74) is 2.92. The maximum Gasteiger partial charge on any atom is 0.294 e. The van der Waals surface area contributed by atoms with E-state index in [4.69, 9.17) is 9.15 Å². The van der Waals surface area contributed by atoms with Gasteiger partial charge in [0.2, 0.25) is 0 Å². The second-order valence-corrected chi connectivity index (χ2v) is 8.58. The maximum absolute atomic E-state index is 12.8. The van der Waals surface area contributed by atoms with Crippen molar-refractivity contribution in [2.24, 2.45) is 0 Å². The van der Waals surface area contributed by atoms with Crippen molar-refractivity contribution in [3.8, 4) is 5.75 Å². The van der Waals surface area contributed by atoms with Crippen molar-refractivity contribution in [2.45, 2.75) is 18.7 Å². The number of aryl methyl sites for hydroxylation is 2. The number of ether oxygens (including phenoxy) is 1. The Balaban J connectivity index is 1.64. The van der Waals surface area contributed by atoms with E-state index in [0.29, 0.717) is 23.7 Å². The Morgan fingerprint density at radius 3 is 2.52 bits per heavy atom. The first-order chi connectivity index (χ1) is 13.8. The molecule has 1 aliphatic heterocycles. The van der Waals surface area contributed by atoms with Gasteiger partial charge in [-0.1, -0.05) is 6.07 Å². The summed E-state index contributed by atoms with van der Waals surface area (Å²) in [6, 6.07) is 13.2. The highest BCUT2D eigenvalue weighted by Crippen LogP contribution is 2.35. The third-order valence-electron chi connectivity index (χ3n) is 4.56. The molecule has 4 rings (SSSR count). The summed E-state index contributed by atoms with van der Waals surface area (Å²) in [6.07, 6.45) is 1.43. The molecule has 7 nitrogen and oxygen atoms in total. The van der Waals surface area contributed by atoms with Crippen LogP contribution in [-0.2, 0) is 10.0 Å².